The third kappa shape index (κ3) is 2.20. The van der Waals surface area contributed by atoms with Crippen molar-refractivity contribution in [3.63, 3.8) is 0 Å². The lowest BCUT2D eigenvalue weighted by Gasteiger charge is -2.14. The molecule has 0 bridgehead atoms. The summed E-state index contributed by atoms with van der Waals surface area (Å²) < 4.78 is 11.4. The van der Waals surface area contributed by atoms with Crippen molar-refractivity contribution in [1.29, 1.82) is 0 Å². The summed E-state index contributed by atoms with van der Waals surface area (Å²) in [5, 5.41) is 0. The van der Waals surface area contributed by atoms with Crippen molar-refractivity contribution in [1.82, 2.24) is 0 Å². The SMILES string of the molecule is Cc1cc2c(cc1C)OC(CCl)CCO2. The van der Waals surface area contributed by atoms with E-state index in [9.17, 15) is 0 Å². The molecule has 1 aromatic carbocycles. The van der Waals surface area contributed by atoms with Gasteiger partial charge in [0, 0.05) is 6.42 Å². The molecular weight excluding hydrogens is 212 g/mol. The first-order chi connectivity index (χ1) is 7.20. The number of ether oxygens (including phenoxy) is 2. The predicted octanol–water partition coefficient (Wildman–Crippen LogP) is 3.07. The smallest absolute Gasteiger partial charge is 0.161 e. The van der Waals surface area contributed by atoms with Gasteiger partial charge in [0.2, 0.25) is 0 Å². The van der Waals surface area contributed by atoms with Crippen molar-refractivity contribution in [2.24, 2.45) is 0 Å². The van der Waals surface area contributed by atoms with Gasteiger partial charge in [0.15, 0.2) is 11.5 Å². The second kappa shape index (κ2) is 4.31. The average molecular weight is 227 g/mol. The predicted molar refractivity (Wildman–Crippen MR) is 61.2 cm³/mol. The number of alkyl halides is 1. The van der Waals surface area contributed by atoms with Gasteiger partial charge in [0.1, 0.15) is 6.10 Å². The molecule has 0 aromatic heterocycles. The Kier molecular flexibility index (Phi) is 3.06. The highest BCUT2D eigenvalue weighted by atomic mass is 35.5. The fraction of sp³-hybridized carbons (Fsp3) is 0.500. The first-order valence-corrected chi connectivity index (χ1v) is 5.71. The molecule has 0 fully saturated rings. The zero-order valence-corrected chi connectivity index (χ0v) is 9.80. The molecule has 0 saturated heterocycles. The molecule has 1 unspecified atom stereocenters. The summed E-state index contributed by atoms with van der Waals surface area (Å²) in [7, 11) is 0. The van der Waals surface area contributed by atoms with Crippen LogP contribution in [-0.4, -0.2) is 18.6 Å². The Hall–Kier alpha value is -0.890. The number of hydrogen-bond acceptors (Lipinski definition) is 2. The molecule has 0 aliphatic carbocycles. The number of hydrogen-bond donors (Lipinski definition) is 0. The highest BCUT2D eigenvalue weighted by Gasteiger charge is 2.18. The Labute approximate surface area is 95.1 Å². The van der Waals surface area contributed by atoms with Gasteiger partial charge in [0.25, 0.3) is 0 Å². The van der Waals surface area contributed by atoms with Crippen LogP contribution in [0.3, 0.4) is 0 Å². The number of benzene rings is 1. The molecule has 0 spiro atoms. The minimum Gasteiger partial charge on any atom is -0.490 e. The molecule has 0 saturated carbocycles. The molecule has 1 aliphatic heterocycles. The van der Waals surface area contributed by atoms with Crippen molar-refractivity contribution < 1.29 is 9.47 Å². The minimum atomic E-state index is 0.0648. The maximum Gasteiger partial charge on any atom is 0.161 e. The van der Waals surface area contributed by atoms with Crippen LogP contribution >= 0.6 is 11.6 Å². The maximum atomic E-state index is 5.81. The number of halogens is 1. The zero-order chi connectivity index (χ0) is 10.8. The van der Waals surface area contributed by atoms with E-state index < -0.39 is 0 Å². The highest BCUT2D eigenvalue weighted by molar-refractivity contribution is 6.18. The first-order valence-electron chi connectivity index (χ1n) is 5.17. The van der Waals surface area contributed by atoms with Crippen molar-refractivity contribution in [3.8, 4) is 11.5 Å². The Morgan fingerprint density at radius 2 is 1.93 bits per heavy atom. The quantitative estimate of drug-likeness (QED) is 0.686. The number of aryl methyl sites for hydroxylation is 2. The fourth-order valence-corrected chi connectivity index (χ4v) is 1.83. The average Bonchev–Trinajstić information content (AvgIpc) is 2.41. The van der Waals surface area contributed by atoms with E-state index in [1.54, 1.807) is 0 Å². The molecule has 3 heteroatoms. The van der Waals surface area contributed by atoms with Crippen molar-refractivity contribution in [2.45, 2.75) is 26.4 Å². The Balaban J connectivity index is 2.34. The lowest BCUT2D eigenvalue weighted by Crippen LogP contribution is -2.18. The van der Waals surface area contributed by atoms with E-state index in [1.807, 2.05) is 12.1 Å². The van der Waals surface area contributed by atoms with Gasteiger partial charge in [-0.2, -0.15) is 0 Å². The summed E-state index contributed by atoms with van der Waals surface area (Å²) in [4.78, 5) is 0. The third-order valence-corrected chi connectivity index (χ3v) is 3.07. The van der Waals surface area contributed by atoms with Gasteiger partial charge >= 0.3 is 0 Å². The molecule has 82 valence electrons. The summed E-state index contributed by atoms with van der Waals surface area (Å²) in [6, 6.07) is 4.05. The third-order valence-electron chi connectivity index (χ3n) is 2.72. The van der Waals surface area contributed by atoms with Gasteiger partial charge in [-0.25, -0.2) is 0 Å². The maximum absolute atomic E-state index is 5.81. The highest BCUT2D eigenvalue weighted by Crippen LogP contribution is 2.33. The summed E-state index contributed by atoms with van der Waals surface area (Å²) in [6.45, 7) is 4.81. The van der Waals surface area contributed by atoms with E-state index in [-0.39, 0.29) is 6.10 Å². The normalized spacial score (nSPS) is 19.8. The topological polar surface area (TPSA) is 18.5 Å². The molecule has 0 radical (unpaired) electrons. The van der Waals surface area contributed by atoms with Crippen LogP contribution in [0.4, 0.5) is 0 Å². The van der Waals surface area contributed by atoms with E-state index in [2.05, 4.69) is 13.8 Å². The summed E-state index contributed by atoms with van der Waals surface area (Å²) in [6.07, 6.45) is 0.908. The van der Waals surface area contributed by atoms with Crippen LogP contribution < -0.4 is 9.47 Å². The van der Waals surface area contributed by atoms with E-state index in [0.717, 1.165) is 17.9 Å². The first kappa shape index (κ1) is 10.6. The molecule has 15 heavy (non-hydrogen) atoms. The van der Waals surface area contributed by atoms with Crippen molar-refractivity contribution in [3.05, 3.63) is 23.3 Å². The molecule has 2 nitrogen and oxygen atoms in total. The van der Waals surface area contributed by atoms with E-state index in [4.69, 9.17) is 21.1 Å². The van der Waals surface area contributed by atoms with Crippen molar-refractivity contribution in [2.75, 3.05) is 12.5 Å². The minimum absolute atomic E-state index is 0.0648. The lowest BCUT2D eigenvalue weighted by atomic mass is 10.1. The zero-order valence-electron chi connectivity index (χ0n) is 9.05. The van der Waals surface area contributed by atoms with Crippen LogP contribution in [0.2, 0.25) is 0 Å². The van der Waals surface area contributed by atoms with Crippen LogP contribution in [0.5, 0.6) is 11.5 Å². The largest absolute Gasteiger partial charge is 0.490 e. The van der Waals surface area contributed by atoms with Gasteiger partial charge in [-0.1, -0.05) is 0 Å². The van der Waals surface area contributed by atoms with E-state index >= 15 is 0 Å². The molecule has 1 atom stereocenters. The molecule has 1 aliphatic rings. The molecule has 1 aromatic rings. The van der Waals surface area contributed by atoms with Gasteiger partial charge in [-0.15, -0.1) is 11.6 Å². The summed E-state index contributed by atoms with van der Waals surface area (Å²) in [5.41, 5.74) is 2.44. The van der Waals surface area contributed by atoms with Crippen molar-refractivity contribution >= 4 is 11.6 Å². The van der Waals surface area contributed by atoms with Gasteiger partial charge in [0.05, 0.1) is 12.5 Å². The summed E-state index contributed by atoms with van der Waals surface area (Å²) in [5.74, 6) is 2.17. The summed E-state index contributed by atoms with van der Waals surface area (Å²) >= 11 is 5.81. The second-order valence-corrected chi connectivity index (χ2v) is 4.22. The molecule has 0 amide bonds. The van der Waals surface area contributed by atoms with E-state index in [1.165, 1.54) is 11.1 Å². The van der Waals surface area contributed by atoms with Gasteiger partial charge < -0.3 is 9.47 Å². The van der Waals surface area contributed by atoms with Crippen LogP contribution in [0.1, 0.15) is 17.5 Å². The van der Waals surface area contributed by atoms with Gasteiger partial charge in [-0.05, 0) is 37.1 Å². The standard InChI is InChI=1S/C12H15ClO2/c1-8-5-11-12(6-9(8)2)15-10(7-13)3-4-14-11/h5-6,10H,3-4,7H2,1-2H3. The monoisotopic (exact) mass is 226 g/mol. The number of rotatable bonds is 1. The Bertz CT molecular complexity index is 363. The van der Waals surface area contributed by atoms with Crippen LogP contribution in [0.25, 0.3) is 0 Å². The second-order valence-electron chi connectivity index (χ2n) is 3.91. The lowest BCUT2D eigenvalue weighted by molar-refractivity contribution is 0.213. The molecule has 2 rings (SSSR count). The van der Waals surface area contributed by atoms with E-state index in [0.29, 0.717) is 12.5 Å². The number of fused-ring (bicyclic) bond motifs is 1. The fourth-order valence-electron chi connectivity index (χ4n) is 1.62. The molecule has 0 N–H and O–H groups in total. The Morgan fingerprint density at radius 3 is 2.60 bits per heavy atom. The van der Waals surface area contributed by atoms with Gasteiger partial charge in [-0.3, -0.25) is 0 Å². The Morgan fingerprint density at radius 1 is 1.27 bits per heavy atom. The van der Waals surface area contributed by atoms with Crippen LogP contribution in [0, 0.1) is 13.8 Å². The molecule has 1 heterocycles. The van der Waals surface area contributed by atoms with Crippen LogP contribution in [-0.2, 0) is 0 Å². The van der Waals surface area contributed by atoms with Crippen LogP contribution in [0.15, 0.2) is 12.1 Å². The molecular formula is C12H15ClO2.